The zero-order valence-corrected chi connectivity index (χ0v) is 13.3. The lowest BCUT2D eigenvalue weighted by atomic mass is 9.99. The fourth-order valence-electron chi connectivity index (χ4n) is 1.85. The fraction of sp³-hybridized carbons (Fsp3) is 0.133. The van der Waals surface area contributed by atoms with Gasteiger partial charge in [-0.15, -0.1) is 0 Å². The molecule has 0 saturated heterocycles. The zero-order valence-electron chi connectivity index (χ0n) is 10.2. The molecule has 0 aromatic heterocycles. The van der Waals surface area contributed by atoms with Crippen molar-refractivity contribution >= 4 is 44.9 Å². The largest absolute Gasteiger partial charge is 0.294 e. The van der Waals surface area contributed by atoms with Crippen LogP contribution in [0.3, 0.4) is 0 Å². The summed E-state index contributed by atoms with van der Waals surface area (Å²) >= 11 is 15.5. The first-order valence-electron chi connectivity index (χ1n) is 5.71. The highest BCUT2D eigenvalue weighted by Gasteiger charge is 2.14. The molecule has 0 bridgehead atoms. The van der Waals surface area contributed by atoms with Gasteiger partial charge in [0.2, 0.25) is 0 Å². The monoisotopic (exact) mass is 356 g/mol. The summed E-state index contributed by atoms with van der Waals surface area (Å²) in [5.41, 5.74) is 2.30. The number of ketones is 1. The summed E-state index contributed by atoms with van der Waals surface area (Å²) in [7, 11) is 0. The van der Waals surface area contributed by atoms with Crippen molar-refractivity contribution in [2.45, 2.75) is 13.3 Å². The summed E-state index contributed by atoms with van der Waals surface area (Å²) in [4.78, 5) is 12.4. The van der Waals surface area contributed by atoms with E-state index in [4.69, 9.17) is 23.2 Å². The minimum absolute atomic E-state index is 0.00815. The molecule has 2 rings (SSSR count). The number of Topliss-reactive ketones (excluding diaryl/α,β-unsaturated/α-hetero) is 1. The van der Waals surface area contributed by atoms with Crippen LogP contribution in [-0.2, 0) is 6.42 Å². The van der Waals surface area contributed by atoms with E-state index in [1.165, 1.54) is 0 Å². The van der Waals surface area contributed by atoms with Gasteiger partial charge < -0.3 is 0 Å². The van der Waals surface area contributed by atoms with Crippen molar-refractivity contribution in [1.29, 1.82) is 0 Å². The van der Waals surface area contributed by atoms with Crippen LogP contribution < -0.4 is 0 Å². The Morgan fingerprint density at radius 3 is 2.42 bits per heavy atom. The molecule has 0 atom stereocenters. The number of hydrogen-bond acceptors (Lipinski definition) is 1. The Balaban J connectivity index is 2.34. The predicted octanol–water partition coefficient (Wildman–Crippen LogP) is 5.49. The van der Waals surface area contributed by atoms with Gasteiger partial charge in [0.1, 0.15) is 0 Å². The first kappa shape index (κ1) is 14.6. The standard InChI is InChI=1S/C15H11BrCl2O/c1-9-5-6-10(16)7-11(9)15(19)8-12-13(17)3-2-4-14(12)18/h2-7H,8H2,1H3. The van der Waals surface area contributed by atoms with Gasteiger partial charge in [-0.1, -0.05) is 51.3 Å². The SMILES string of the molecule is Cc1ccc(Br)cc1C(=O)Cc1c(Cl)cccc1Cl. The Morgan fingerprint density at radius 1 is 1.16 bits per heavy atom. The summed E-state index contributed by atoms with van der Waals surface area (Å²) in [5, 5.41) is 1.04. The number of carbonyl (C=O) groups excluding carboxylic acids is 1. The van der Waals surface area contributed by atoms with Crippen LogP contribution in [-0.4, -0.2) is 5.78 Å². The van der Waals surface area contributed by atoms with E-state index in [0.29, 0.717) is 21.2 Å². The Labute approximate surface area is 130 Å². The molecule has 1 nitrogen and oxygen atoms in total. The molecule has 4 heteroatoms. The molecule has 98 valence electrons. The topological polar surface area (TPSA) is 17.1 Å². The minimum Gasteiger partial charge on any atom is -0.294 e. The molecule has 0 fully saturated rings. The van der Waals surface area contributed by atoms with Crippen LogP contribution in [0, 0.1) is 6.92 Å². The average molecular weight is 358 g/mol. The summed E-state index contributed by atoms with van der Waals surface area (Å²) in [6, 6.07) is 10.9. The first-order valence-corrected chi connectivity index (χ1v) is 7.26. The van der Waals surface area contributed by atoms with Crippen LogP contribution in [0.1, 0.15) is 21.5 Å². The van der Waals surface area contributed by atoms with Crippen molar-refractivity contribution in [1.82, 2.24) is 0 Å². The Bertz CT molecular complexity index is 618. The number of aryl methyl sites for hydroxylation is 1. The van der Waals surface area contributed by atoms with Crippen LogP contribution in [0.4, 0.5) is 0 Å². The van der Waals surface area contributed by atoms with Gasteiger partial charge in [-0.25, -0.2) is 0 Å². The molecule has 0 amide bonds. The first-order chi connectivity index (χ1) is 8.99. The van der Waals surface area contributed by atoms with E-state index in [9.17, 15) is 4.79 Å². The number of carbonyl (C=O) groups is 1. The lowest BCUT2D eigenvalue weighted by Crippen LogP contribution is -2.06. The predicted molar refractivity (Wildman–Crippen MR) is 83.4 cm³/mol. The molecule has 19 heavy (non-hydrogen) atoms. The second-order valence-corrected chi connectivity index (χ2v) is 5.99. The van der Waals surface area contributed by atoms with Crippen LogP contribution in [0.25, 0.3) is 0 Å². The maximum absolute atomic E-state index is 12.4. The molecule has 2 aromatic carbocycles. The van der Waals surface area contributed by atoms with Gasteiger partial charge in [0.15, 0.2) is 5.78 Å². The summed E-state index contributed by atoms with van der Waals surface area (Å²) in [6.45, 7) is 1.91. The second-order valence-electron chi connectivity index (χ2n) is 4.26. The Morgan fingerprint density at radius 2 is 1.79 bits per heavy atom. The average Bonchev–Trinajstić information content (AvgIpc) is 2.37. The van der Waals surface area contributed by atoms with E-state index in [-0.39, 0.29) is 12.2 Å². The van der Waals surface area contributed by atoms with Crippen molar-refractivity contribution in [3.8, 4) is 0 Å². The molecule has 0 spiro atoms. The van der Waals surface area contributed by atoms with Gasteiger partial charge in [-0.3, -0.25) is 4.79 Å². The van der Waals surface area contributed by atoms with Gasteiger partial charge >= 0.3 is 0 Å². The lowest BCUT2D eigenvalue weighted by molar-refractivity contribution is 0.0992. The third kappa shape index (κ3) is 3.38. The van der Waals surface area contributed by atoms with E-state index in [2.05, 4.69) is 15.9 Å². The van der Waals surface area contributed by atoms with Crippen LogP contribution in [0.15, 0.2) is 40.9 Å². The smallest absolute Gasteiger partial charge is 0.167 e. The molecule has 0 radical (unpaired) electrons. The van der Waals surface area contributed by atoms with Gasteiger partial charge in [0, 0.05) is 26.5 Å². The molecule has 0 unspecified atom stereocenters. The molecule has 0 aliphatic rings. The zero-order chi connectivity index (χ0) is 14.0. The highest BCUT2D eigenvalue weighted by Crippen LogP contribution is 2.26. The molecule has 0 aliphatic carbocycles. The van der Waals surface area contributed by atoms with E-state index < -0.39 is 0 Å². The van der Waals surface area contributed by atoms with Crippen molar-refractivity contribution < 1.29 is 4.79 Å². The van der Waals surface area contributed by atoms with Crippen molar-refractivity contribution in [2.24, 2.45) is 0 Å². The van der Waals surface area contributed by atoms with Gasteiger partial charge in [-0.2, -0.15) is 0 Å². The third-order valence-corrected chi connectivity index (χ3v) is 4.10. The lowest BCUT2D eigenvalue weighted by Gasteiger charge is -2.08. The number of hydrogen-bond donors (Lipinski definition) is 0. The van der Waals surface area contributed by atoms with E-state index in [0.717, 1.165) is 10.0 Å². The number of benzene rings is 2. The molecule has 0 aliphatic heterocycles. The molecule has 0 heterocycles. The maximum Gasteiger partial charge on any atom is 0.167 e. The van der Waals surface area contributed by atoms with Crippen molar-refractivity contribution in [2.75, 3.05) is 0 Å². The molecule has 2 aromatic rings. The van der Waals surface area contributed by atoms with Crippen LogP contribution in [0.5, 0.6) is 0 Å². The maximum atomic E-state index is 12.4. The van der Waals surface area contributed by atoms with Gasteiger partial charge in [-0.05, 0) is 42.3 Å². The number of halogens is 3. The van der Waals surface area contributed by atoms with Crippen molar-refractivity contribution in [3.63, 3.8) is 0 Å². The molecule has 0 saturated carbocycles. The Kier molecular flexibility index (Phi) is 4.67. The van der Waals surface area contributed by atoms with Crippen molar-refractivity contribution in [3.05, 3.63) is 67.6 Å². The molecule has 0 N–H and O–H groups in total. The van der Waals surface area contributed by atoms with E-state index in [1.807, 2.05) is 25.1 Å². The number of rotatable bonds is 3. The minimum atomic E-state index is 0.00815. The summed E-state index contributed by atoms with van der Waals surface area (Å²) in [6.07, 6.45) is 0.204. The van der Waals surface area contributed by atoms with Gasteiger partial charge in [0.05, 0.1) is 0 Å². The molecular formula is C15H11BrCl2O. The Hall–Kier alpha value is -0.830. The van der Waals surface area contributed by atoms with Crippen LogP contribution in [0.2, 0.25) is 10.0 Å². The fourth-order valence-corrected chi connectivity index (χ4v) is 2.74. The van der Waals surface area contributed by atoms with Crippen LogP contribution >= 0.6 is 39.1 Å². The highest BCUT2D eigenvalue weighted by molar-refractivity contribution is 9.10. The highest BCUT2D eigenvalue weighted by atomic mass is 79.9. The third-order valence-electron chi connectivity index (χ3n) is 2.90. The van der Waals surface area contributed by atoms with Gasteiger partial charge in [0.25, 0.3) is 0 Å². The molecular weight excluding hydrogens is 347 g/mol. The van der Waals surface area contributed by atoms with E-state index in [1.54, 1.807) is 18.2 Å². The normalized spacial score (nSPS) is 10.5. The summed E-state index contributed by atoms with van der Waals surface area (Å²) in [5.74, 6) is 0.00815. The van der Waals surface area contributed by atoms with E-state index >= 15 is 0 Å². The second kappa shape index (κ2) is 6.08. The quantitative estimate of drug-likeness (QED) is 0.664. The summed E-state index contributed by atoms with van der Waals surface area (Å²) < 4.78 is 0.881.